The molecule has 0 saturated heterocycles. The second-order valence-corrected chi connectivity index (χ2v) is 14.2. The third-order valence-electron chi connectivity index (χ3n) is 7.48. The Kier molecular flexibility index (Phi) is 14.8. The number of ether oxygens (including phenoxy) is 2. The molecular weight excluding hydrogens is 671 g/mol. The summed E-state index contributed by atoms with van der Waals surface area (Å²) in [5.41, 5.74) is 2.75. The molecule has 1 aliphatic rings. The number of benzene rings is 1. The average molecular weight is 718 g/mol. The number of nitrogens with one attached hydrogen (secondary N) is 2. The lowest BCUT2D eigenvalue weighted by molar-refractivity contribution is -0.144. The molecule has 0 bridgehead atoms. The monoisotopic (exact) mass is 717 g/mol. The van der Waals surface area contributed by atoms with Gasteiger partial charge in [-0.25, -0.2) is 4.79 Å². The van der Waals surface area contributed by atoms with E-state index in [-0.39, 0.29) is 37.9 Å². The van der Waals surface area contributed by atoms with E-state index in [0.717, 1.165) is 53.1 Å². The highest BCUT2D eigenvalue weighted by atomic mass is 32.1. The van der Waals surface area contributed by atoms with Crippen molar-refractivity contribution in [1.82, 2.24) is 25.7 Å². The highest BCUT2D eigenvalue weighted by Crippen LogP contribution is 2.24. The Morgan fingerprint density at radius 1 is 0.941 bits per heavy atom. The number of alkyl carbamates (subject to hydrolysis) is 1. The molecule has 4 rings (SSSR count). The number of carbonyl (C=O) groups is 4. The zero-order chi connectivity index (χ0) is 36.6. The van der Waals surface area contributed by atoms with Gasteiger partial charge in [0, 0.05) is 19.4 Å². The lowest BCUT2D eigenvalue weighted by Gasteiger charge is -2.20. The van der Waals surface area contributed by atoms with Crippen molar-refractivity contribution < 1.29 is 28.7 Å². The van der Waals surface area contributed by atoms with Crippen LogP contribution in [-0.2, 0) is 49.7 Å². The minimum atomic E-state index is -0.609. The van der Waals surface area contributed by atoms with Crippen LogP contribution in [0.15, 0.2) is 60.2 Å². The Labute approximate surface area is 302 Å². The molecular formula is C37H47N7O6S. The molecule has 0 saturated carbocycles. The molecule has 0 unspecified atom stereocenters. The summed E-state index contributed by atoms with van der Waals surface area (Å²) in [6, 6.07) is 11.0. The van der Waals surface area contributed by atoms with E-state index >= 15 is 0 Å². The summed E-state index contributed by atoms with van der Waals surface area (Å²) >= 11 is 1.28. The molecule has 3 amide bonds. The van der Waals surface area contributed by atoms with Crippen molar-refractivity contribution >= 4 is 46.2 Å². The van der Waals surface area contributed by atoms with Crippen LogP contribution in [-0.4, -0.2) is 56.6 Å². The number of carbonyl (C=O) groups excluding carboxylic acids is 4. The van der Waals surface area contributed by atoms with Crippen LogP contribution in [0.1, 0.15) is 94.5 Å². The maximum atomic E-state index is 13.6. The van der Waals surface area contributed by atoms with E-state index in [1.165, 1.54) is 16.2 Å². The number of hydrogen-bond acceptors (Lipinski definition) is 11. The zero-order valence-electron chi connectivity index (χ0n) is 29.8. The van der Waals surface area contributed by atoms with Crippen LogP contribution < -0.4 is 15.5 Å². The Morgan fingerprint density at radius 3 is 2.47 bits per heavy atom. The number of allylic oxidation sites excluding steroid dienone is 3. The van der Waals surface area contributed by atoms with Gasteiger partial charge in [0.05, 0.1) is 18.5 Å². The standard InChI is InChI=1S/C37H47N7O6S/c1-5-12-34(47)49-25-44(33(46)23-27-15-11-16-28(21-27)24-38-36(48)50-37(2,3)4)35-43-42-32(51-35)18-10-9-17-29-19-20-30(41-40-29)39-31(45)22-26-13-7-6-8-14-26/h7,11,13-16,19-21H,5-6,8-10,12,17-18,22-25H2,1-4H3,(H,38,48)(H,39,41,45). The SMILES string of the molecule is CCCC(=O)OCN(C(=O)Cc1cccc(CNC(=O)OC(C)(C)C)c1)c1nnc(CCCCc2ccc(NC(=O)CC3=CCCC=C3)nn2)s1. The van der Waals surface area contributed by atoms with E-state index in [9.17, 15) is 19.2 Å². The molecule has 2 N–H and O–H groups in total. The second-order valence-electron chi connectivity index (χ2n) is 13.1. The number of aromatic nitrogens is 4. The van der Waals surface area contributed by atoms with Gasteiger partial charge in [-0.3, -0.25) is 19.3 Å². The molecule has 2 aromatic heterocycles. The van der Waals surface area contributed by atoms with Gasteiger partial charge < -0.3 is 20.1 Å². The molecule has 14 heteroatoms. The fourth-order valence-electron chi connectivity index (χ4n) is 5.02. The second kappa shape index (κ2) is 19.4. The molecule has 0 radical (unpaired) electrons. The summed E-state index contributed by atoms with van der Waals surface area (Å²) in [6.45, 7) is 7.23. The van der Waals surface area contributed by atoms with Crippen molar-refractivity contribution in [3.8, 4) is 0 Å². The van der Waals surface area contributed by atoms with Gasteiger partial charge in [0.25, 0.3) is 0 Å². The highest BCUT2D eigenvalue weighted by molar-refractivity contribution is 7.15. The van der Waals surface area contributed by atoms with Crippen LogP contribution in [0, 0.1) is 0 Å². The van der Waals surface area contributed by atoms with Crippen LogP contribution in [0.4, 0.5) is 15.7 Å². The molecule has 51 heavy (non-hydrogen) atoms. The third-order valence-corrected chi connectivity index (χ3v) is 8.48. The lowest BCUT2D eigenvalue weighted by Crippen LogP contribution is -2.35. The molecule has 0 spiro atoms. The first-order valence-corrected chi connectivity index (χ1v) is 18.1. The van der Waals surface area contributed by atoms with Crippen molar-refractivity contribution in [3.63, 3.8) is 0 Å². The van der Waals surface area contributed by atoms with E-state index in [2.05, 4.69) is 43.2 Å². The number of rotatable bonds is 17. The van der Waals surface area contributed by atoms with Crippen LogP contribution >= 0.6 is 11.3 Å². The van der Waals surface area contributed by atoms with Gasteiger partial charge in [-0.15, -0.1) is 15.3 Å². The fraction of sp³-hybridized carbons (Fsp3) is 0.459. The van der Waals surface area contributed by atoms with Gasteiger partial charge in [0.15, 0.2) is 12.5 Å². The quantitative estimate of drug-likeness (QED) is 0.0907. The Bertz CT molecular complexity index is 1700. The Morgan fingerprint density at radius 2 is 1.75 bits per heavy atom. The molecule has 272 valence electrons. The van der Waals surface area contributed by atoms with Crippen LogP contribution in [0.3, 0.4) is 0 Å². The molecule has 0 fully saturated rings. The van der Waals surface area contributed by atoms with Crippen LogP contribution in [0.25, 0.3) is 0 Å². The van der Waals surface area contributed by atoms with Gasteiger partial charge in [0.1, 0.15) is 10.6 Å². The zero-order valence-corrected chi connectivity index (χ0v) is 30.6. The van der Waals surface area contributed by atoms with Crippen LogP contribution in [0.2, 0.25) is 0 Å². The van der Waals surface area contributed by atoms with Gasteiger partial charge >= 0.3 is 12.1 Å². The molecule has 3 aromatic rings. The minimum Gasteiger partial charge on any atom is -0.444 e. The van der Waals surface area contributed by atoms with Crippen molar-refractivity contribution in [2.45, 2.75) is 104 Å². The summed E-state index contributed by atoms with van der Waals surface area (Å²) in [5.74, 6) is -0.402. The third kappa shape index (κ3) is 14.0. The van der Waals surface area contributed by atoms with Crippen LogP contribution in [0.5, 0.6) is 0 Å². The predicted octanol–water partition coefficient (Wildman–Crippen LogP) is 6.40. The van der Waals surface area contributed by atoms with Gasteiger partial charge in [0.2, 0.25) is 16.9 Å². The summed E-state index contributed by atoms with van der Waals surface area (Å²) in [7, 11) is 0. The maximum absolute atomic E-state index is 13.6. The van der Waals surface area contributed by atoms with Gasteiger partial charge in [-0.05, 0) is 88.1 Å². The van der Waals surface area contributed by atoms with E-state index in [1.54, 1.807) is 26.8 Å². The highest BCUT2D eigenvalue weighted by Gasteiger charge is 2.23. The minimum absolute atomic E-state index is 0.0272. The van der Waals surface area contributed by atoms with E-state index < -0.39 is 17.7 Å². The number of esters is 1. The normalized spacial score (nSPS) is 12.5. The van der Waals surface area contributed by atoms with E-state index in [0.29, 0.717) is 36.6 Å². The number of nitrogens with zero attached hydrogens (tertiary/aromatic N) is 5. The summed E-state index contributed by atoms with van der Waals surface area (Å²) in [5, 5.41) is 23.6. The first-order chi connectivity index (χ1) is 24.5. The first-order valence-electron chi connectivity index (χ1n) is 17.3. The van der Waals surface area contributed by atoms with Crippen molar-refractivity contribution in [3.05, 3.63) is 82.0 Å². The van der Waals surface area contributed by atoms with Gasteiger partial charge in [-0.1, -0.05) is 60.8 Å². The first kappa shape index (κ1) is 38.8. The number of aryl methyl sites for hydroxylation is 2. The topological polar surface area (TPSA) is 166 Å². The van der Waals surface area contributed by atoms with E-state index in [4.69, 9.17) is 9.47 Å². The summed E-state index contributed by atoms with van der Waals surface area (Å²) in [6.07, 6.45) is 11.8. The largest absolute Gasteiger partial charge is 0.444 e. The van der Waals surface area contributed by atoms with Crippen molar-refractivity contribution in [1.29, 1.82) is 0 Å². The molecule has 0 atom stereocenters. The molecule has 1 aliphatic carbocycles. The van der Waals surface area contributed by atoms with E-state index in [1.807, 2.05) is 43.3 Å². The number of hydrogen-bond donors (Lipinski definition) is 2. The Hall–Kier alpha value is -4.98. The maximum Gasteiger partial charge on any atom is 0.407 e. The molecule has 0 aliphatic heterocycles. The summed E-state index contributed by atoms with van der Waals surface area (Å²) < 4.78 is 10.7. The number of amides is 3. The molecule has 13 nitrogen and oxygen atoms in total. The number of unbranched alkanes of at least 4 members (excludes halogenated alkanes) is 1. The summed E-state index contributed by atoms with van der Waals surface area (Å²) in [4.78, 5) is 51.5. The smallest absolute Gasteiger partial charge is 0.407 e. The number of anilines is 2. The molecule has 1 aromatic carbocycles. The Balaban J connectivity index is 1.28. The molecule has 2 heterocycles. The van der Waals surface area contributed by atoms with Crippen molar-refractivity contribution in [2.24, 2.45) is 0 Å². The van der Waals surface area contributed by atoms with Crippen molar-refractivity contribution in [2.75, 3.05) is 16.9 Å². The lowest BCUT2D eigenvalue weighted by atomic mass is 10.0. The fourth-order valence-corrected chi connectivity index (χ4v) is 5.91. The van der Waals surface area contributed by atoms with Gasteiger partial charge in [-0.2, -0.15) is 5.10 Å². The average Bonchev–Trinajstić information content (AvgIpc) is 3.55. The predicted molar refractivity (Wildman–Crippen MR) is 195 cm³/mol.